The van der Waals surface area contributed by atoms with Crippen LogP contribution in [0.15, 0.2) is 22.2 Å². The number of rotatable bonds is 6. The first-order valence-electron chi connectivity index (χ1n) is 7.90. The molecule has 1 heterocycles. The number of hydrogen-bond acceptors (Lipinski definition) is 8. The number of carbonyl (C=O) groups is 1. The molecule has 1 amide bonds. The molecule has 152 valence electrons. The number of tetrazole rings is 1. The predicted octanol–water partition coefficient (Wildman–Crippen LogP) is 0.931. The molecule has 0 aliphatic heterocycles. The van der Waals surface area contributed by atoms with Crippen LogP contribution in [0.5, 0.6) is 0 Å². The van der Waals surface area contributed by atoms with E-state index in [0.717, 1.165) is 6.26 Å². The summed E-state index contributed by atoms with van der Waals surface area (Å²) < 4.78 is 25.7. The summed E-state index contributed by atoms with van der Waals surface area (Å²) in [6, 6.07) is 2.69. The first-order chi connectivity index (χ1) is 13.1. The average molecular weight is 430 g/mol. The molecule has 0 atom stereocenters. The maximum Gasteiger partial charge on any atom is 0.259 e. The molecular weight excluding hydrogens is 410 g/mol. The Bertz CT molecular complexity index is 1020. The van der Waals surface area contributed by atoms with Crippen LogP contribution in [0.4, 0.5) is 5.95 Å². The lowest BCUT2D eigenvalue weighted by molar-refractivity contribution is 0.102. The molecule has 0 saturated carbocycles. The fourth-order valence-corrected chi connectivity index (χ4v) is 3.63. The fraction of sp³-hybridized carbons (Fsp3) is 0.400. The highest BCUT2D eigenvalue weighted by molar-refractivity contribution is 7.90. The Balaban J connectivity index is 2.48. The summed E-state index contributed by atoms with van der Waals surface area (Å²) in [4.78, 5) is 19.0. The number of carbonyl (C=O) groups excluding carboxylic acids is 1. The lowest BCUT2D eigenvalue weighted by Crippen LogP contribution is -2.26. The molecule has 0 fully saturated rings. The summed E-state index contributed by atoms with van der Waals surface area (Å²) in [6.45, 7) is 1.78. The Morgan fingerprint density at radius 3 is 2.64 bits per heavy atom. The van der Waals surface area contributed by atoms with Gasteiger partial charge in [0.05, 0.1) is 15.5 Å². The quantitative estimate of drug-likeness (QED) is 0.407. The van der Waals surface area contributed by atoms with E-state index in [2.05, 4.69) is 26.0 Å². The SMILES string of the molecule is CON=C(C)N(C)Cc1c(S(C)(=O)=O)ccc(C(=O)Nc2nnnn2C)c1Cl. The minimum atomic E-state index is -3.59. The molecule has 0 aliphatic carbocycles. The third-order valence-electron chi connectivity index (χ3n) is 3.86. The number of nitrogens with zero attached hydrogens (tertiary/aromatic N) is 6. The molecule has 2 rings (SSSR count). The van der Waals surface area contributed by atoms with Crippen LogP contribution in [0.1, 0.15) is 22.8 Å². The third-order valence-corrected chi connectivity index (χ3v) is 5.47. The summed E-state index contributed by atoms with van der Waals surface area (Å²) >= 11 is 6.44. The van der Waals surface area contributed by atoms with Gasteiger partial charge in [-0.25, -0.2) is 13.1 Å². The van der Waals surface area contributed by atoms with Gasteiger partial charge < -0.3 is 9.74 Å². The zero-order chi connectivity index (χ0) is 21.1. The van der Waals surface area contributed by atoms with Crippen molar-refractivity contribution in [3.8, 4) is 0 Å². The number of nitrogens with one attached hydrogen (secondary N) is 1. The van der Waals surface area contributed by atoms with Crippen molar-refractivity contribution in [1.82, 2.24) is 25.1 Å². The normalized spacial score (nSPS) is 12.0. The van der Waals surface area contributed by atoms with Gasteiger partial charge >= 0.3 is 0 Å². The molecule has 11 nitrogen and oxygen atoms in total. The van der Waals surface area contributed by atoms with Crippen molar-refractivity contribution < 1.29 is 18.0 Å². The molecule has 0 aliphatic rings. The number of halogens is 1. The first-order valence-corrected chi connectivity index (χ1v) is 10.2. The van der Waals surface area contributed by atoms with Gasteiger partial charge in [0, 0.05) is 32.5 Å². The lowest BCUT2D eigenvalue weighted by atomic mass is 10.1. The highest BCUT2D eigenvalue weighted by Gasteiger charge is 2.23. The van der Waals surface area contributed by atoms with Gasteiger partial charge in [-0.1, -0.05) is 21.9 Å². The van der Waals surface area contributed by atoms with E-state index >= 15 is 0 Å². The average Bonchev–Trinajstić information content (AvgIpc) is 3.00. The van der Waals surface area contributed by atoms with Crippen LogP contribution < -0.4 is 5.32 Å². The van der Waals surface area contributed by atoms with Crippen LogP contribution in [0.2, 0.25) is 5.02 Å². The van der Waals surface area contributed by atoms with Gasteiger partial charge in [-0.05, 0) is 29.5 Å². The van der Waals surface area contributed by atoms with Crippen molar-refractivity contribution in [3.63, 3.8) is 0 Å². The minimum Gasteiger partial charge on any atom is -0.398 e. The van der Waals surface area contributed by atoms with Crippen molar-refractivity contribution in [2.75, 3.05) is 25.7 Å². The Hall–Kier alpha value is -2.73. The molecule has 0 bridgehead atoms. The standard InChI is InChI=1S/C15H20ClN7O4S/c1-9(19-27-4)22(2)8-11-12(28(5,25)26)7-6-10(13(11)16)14(24)17-15-18-20-21-23(15)3/h6-7H,8H2,1-5H3,(H,17,18,21,24). The van der Waals surface area contributed by atoms with E-state index in [4.69, 9.17) is 16.4 Å². The molecule has 0 saturated heterocycles. The van der Waals surface area contributed by atoms with Crippen molar-refractivity contribution in [1.29, 1.82) is 0 Å². The van der Waals surface area contributed by atoms with E-state index in [0.29, 0.717) is 5.84 Å². The van der Waals surface area contributed by atoms with Crippen molar-refractivity contribution in [2.45, 2.75) is 18.4 Å². The van der Waals surface area contributed by atoms with Gasteiger partial charge in [-0.2, -0.15) is 0 Å². The zero-order valence-corrected chi connectivity index (χ0v) is 17.5. The second-order valence-corrected chi connectivity index (χ2v) is 8.30. The molecule has 0 radical (unpaired) electrons. The first kappa shape index (κ1) is 21.6. The van der Waals surface area contributed by atoms with Crippen molar-refractivity contribution in [3.05, 3.63) is 28.3 Å². The molecular formula is C15H20ClN7O4S. The number of aryl methyl sites for hydroxylation is 1. The van der Waals surface area contributed by atoms with Gasteiger partial charge in [0.15, 0.2) is 9.84 Å². The number of oxime groups is 1. The highest BCUT2D eigenvalue weighted by Crippen LogP contribution is 2.29. The smallest absolute Gasteiger partial charge is 0.259 e. The van der Waals surface area contributed by atoms with E-state index in [1.807, 2.05) is 0 Å². The van der Waals surface area contributed by atoms with Crippen LogP contribution in [0.3, 0.4) is 0 Å². The topological polar surface area (TPSA) is 132 Å². The second kappa shape index (κ2) is 8.52. The van der Waals surface area contributed by atoms with Gasteiger partial charge in [0.25, 0.3) is 5.91 Å². The maximum absolute atomic E-state index is 12.6. The zero-order valence-electron chi connectivity index (χ0n) is 16.0. The van der Waals surface area contributed by atoms with Crippen molar-refractivity contribution in [2.24, 2.45) is 12.2 Å². The Morgan fingerprint density at radius 2 is 2.11 bits per heavy atom. The fourth-order valence-electron chi connectivity index (χ4n) is 2.33. The van der Waals surface area contributed by atoms with E-state index in [9.17, 15) is 13.2 Å². The number of amides is 1. The van der Waals surface area contributed by atoms with Crippen LogP contribution in [-0.4, -0.2) is 65.7 Å². The molecule has 2 aromatic rings. The van der Waals surface area contributed by atoms with Crippen LogP contribution >= 0.6 is 11.6 Å². The molecule has 1 aromatic carbocycles. The highest BCUT2D eigenvalue weighted by atomic mass is 35.5. The third kappa shape index (κ3) is 4.75. The Kier molecular flexibility index (Phi) is 6.56. The van der Waals surface area contributed by atoms with Gasteiger partial charge in [-0.15, -0.1) is 0 Å². The van der Waals surface area contributed by atoms with Crippen LogP contribution in [0.25, 0.3) is 0 Å². The Morgan fingerprint density at radius 1 is 1.43 bits per heavy atom. The molecule has 0 spiro atoms. The van der Waals surface area contributed by atoms with Gasteiger partial charge in [0.1, 0.15) is 12.9 Å². The number of aromatic nitrogens is 4. The number of amidine groups is 1. The van der Waals surface area contributed by atoms with Gasteiger partial charge in [0.2, 0.25) is 5.95 Å². The molecule has 28 heavy (non-hydrogen) atoms. The van der Waals surface area contributed by atoms with Gasteiger partial charge in [-0.3, -0.25) is 10.1 Å². The second-order valence-electron chi connectivity index (χ2n) is 5.93. The van der Waals surface area contributed by atoms with E-state index in [-0.39, 0.29) is 33.5 Å². The number of hydrogen-bond donors (Lipinski definition) is 1. The maximum atomic E-state index is 12.6. The van der Waals surface area contributed by atoms with E-state index in [1.165, 1.54) is 23.9 Å². The summed E-state index contributed by atoms with van der Waals surface area (Å²) in [6.07, 6.45) is 1.07. The monoisotopic (exact) mass is 429 g/mol. The van der Waals surface area contributed by atoms with E-state index < -0.39 is 15.7 Å². The number of sulfone groups is 1. The number of anilines is 1. The largest absolute Gasteiger partial charge is 0.398 e. The lowest BCUT2D eigenvalue weighted by Gasteiger charge is -2.21. The van der Waals surface area contributed by atoms with Crippen molar-refractivity contribution >= 4 is 39.1 Å². The van der Waals surface area contributed by atoms with E-state index in [1.54, 1.807) is 25.9 Å². The minimum absolute atomic E-state index is 0.00705. The molecule has 1 N–H and O–H groups in total. The molecule has 1 aromatic heterocycles. The summed E-state index contributed by atoms with van der Waals surface area (Å²) in [5.41, 5.74) is 0.350. The predicted molar refractivity (Wildman–Crippen MR) is 103 cm³/mol. The summed E-state index contributed by atoms with van der Waals surface area (Å²) in [5, 5.41) is 17.1. The van der Waals surface area contributed by atoms with Crippen LogP contribution in [-0.2, 0) is 28.3 Å². The van der Waals surface area contributed by atoms with Crippen LogP contribution in [0, 0.1) is 0 Å². The Labute approximate surface area is 167 Å². The summed E-state index contributed by atoms with van der Waals surface area (Å²) in [7, 11) is 1.06. The number of benzene rings is 1. The summed E-state index contributed by atoms with van der Waals surface area (Å²) in [5.74, 6) is 0.0437. The molecule has 13 heteroatoms. The molecule has 0 unspecified atom stereocenters.